The number of hydrogen-bond acceptors (Lipinski definition) is 3. The lowest BCUT2D eigenvalue weighted by Gasteiger charge is -2.23. The van der Waals surface area contributed by atoms with Crippen molar-refractivity contribution in [2.45, 2.75) is 19.4 Å². The Balaban J connectivity index is 1.92. The lowest BCUT2D eigenvalue weighted by atomic mass is 10.1. The molecule has 1 atom stereocenters. The molecule has 0 aliphatic carbocycles. The monoisotopic (exact) mass is 312 g/mol. The first-order chi connectivity index (χ1) is 8.65. The van der Waals surface area contributed by atoms with Crippen LogP contribution >= 0.6 is 15.9 Å². The highest BCUT2D eigenvalue weighted by Gasteiger charge is 2.17. The molecule has 2 N–H and O–H groups in total. The average Bonchev–Trinajstić information content (AvgIpc) is 2.35. The zero-order valence-electron chi connectivity index (χ0n) is 10.3. The minimum atomic E-state index is 0.00398. The molecule has 0 radical (unpaired) electrons. The Kier molecular flexibility index (Phi) is 4.74. The average molecular weight is 313 g/mol. The molecular formula is C13H17BrN2O2. The summed E-state index contributed by atoms with van der Waals surface area (Å²) in [7, 11) is 0. The minimum Gasteiger partial charge on any atom is -0.378 e. The van der Waals surface area contributed by atoms with E-state index in [1.807, 2.05) is 25.1 Å². The molecule has 0 saturated carbocycles. The van der Waals surface area contributed by atoms with Gasteiger partial charge in [-0.3, -0.25) is 4.79 Å². The summed E-state index contributed by atoms with van der Waals surface area (Å²) >= 11 is 3.43. The SMILES string of the molecule is Cc1ccc(Br)c(NC(=O)CC2COCCN2)c1. The Morgan fingerprint density at radius 2 is 2.44 bits per heavy atom. The summed E-state index contributed by atoms with van der Waals surface area (Å²) in [6, 6.07) is 6.00. The molecule has 1 saturated heterocycles. The molecular weight excluding hydrogens is 296 g/mol. The van der Waals surface area contributed by atoms with Crippen molar-refractivity contribution < 1.29 is 9.53 Å². The quantitative estimate of drug-likeness (QED) is 0.898. The van der Waals surface area contributed by atoms with Crippen LogP contribution in [0.15, 0.2) is 22.7 Å². The van der Waals surface area contributed by atoms with E-state index in [0.717, 1.165) is 28.9 Å². The van der Waals surface area contributed by atoms with Crippen LogP contribution in [-0.2, 0) is 9.53 Å². The van der Waals surface area contributed by atoms with E-state index >= 15 is 0 Å². The van der Waals surface area contributed by atoms with Gasteiger partial charge in [-0.1, -0.05) is 6.07 Å². The number of anilines is 1. The number of benzene rings is 1. The molecule has 2 rings (SSSR count). The molecule has 1 fully saturated rings. The fourth-order valence-electron chi connectivity index (χ4n) is 1.91. The van der Waals surface area contributed by atoms with Crippen molar-refractivity contribution >= 4 is 27.5 Å². The third kappa shape index (κ3) is 3.80. The van der Waals surface area contributed by atoms with Gasteiger partial charge in [0.15, 0.2) is 0 Å². The van der Waals surface area contributed by atoms with E-state index < -0.39 is 0 Å². The topological polar surface area (TPSA) is 50.4 Å². The van der Waals surface area contributed by atoms with Crippen molar-refractivity contribution in [3.8, 4) is 0 Å². The van der Waals surface area contributed by atoms with Crippen molar-refractivity contribution in [1.82, 2.24) is 5.32 Å². The van der Waals surface area contributed by atoms with Gasteiger partial charge in [-0.25, -0.2) is 0 Å². The van der Waals surface area contributed by atoms with Crippen molar-refractivity contribution in [3.05, 3.63) is 28.2 Å². The number of morpholine rings is 1. The largest absolute Gasteiger partial charge is 0.378 e. The smallest absolute Gasteiger partial charge is 0.226 e. The predicted molar refractivity (Wildman–Crippen MR) is 74.7 cm³/mol. The van der Waals surface area contributed by atoms with Gasteiger partial charge in [0.1, 0.15) is 0 Å². The minimum absolute atomic E-state index is 0.00398. The van der Waals surface area contributed by atoms with Gasteiger partial charge in [0.05, 0.1) is 18.9 Å². The molecule has 5 heteroatoms. The summed E-state index contributed by atoms with van der Waals surface area (Å²) in [5, 5.41) is 6.18. The highest BCUT2D eigenvalue weighted by atomic mass is 79.9. The van der Waals surface area contributed by atoms with Crippen LogP contribution in [-0.4, -0.2) is 31.7 Å². The van der Waals surface area contributed by atoms with Gasteiger partial charge in [-0.05, 0) is 40.5 Å². The number of amides is 1. The van der Waals surface area contributed by atoms with Crippen molar-refractivity contribution in [3.63, 3.8) is 0 Å². The van der Waals surface area contributed by atoms with E-state index in [4.69, 9.17) is 4.74 Å². The van der Waals surface area contributed by atoms with E-state index in [1.165, 1.54) is 0 Å². The molecule has 0 bridgehead atoms. The van der Waals surface area contributed by atoms with E-state index in [2.05, 4.69) is 26.6 Å². The number of halogens is 1. The molecule has 18 heavy (non-hydrogen) atoms. The van der Waals surface area contributed by atoms with Gasteiger partial charge >= 0.3 is 0 Å². The van der Waals surface area contributed by atoms with Crippen LogP contribution < -0.4 is 10.6 Å². The number of carbonyl (C=O) groups is 1. The number of hydrogen-bond donors (Lipinski definition) is 2. The Bertz CT molecular complexity index is 431. The van der Waals surface area contributed by atoms with Crippen LogP contribution in [0.2, 0.25) is 0 Å². The van der Waals surface area contributed by atoms with Crippen LogP contribution in [0, 0.1) is 6.92 Å². The second-order valence-electron chi connectivity index (χ2n) is 4.46. The van der Waals surface area contributed by atoms with Gasteiger partial charge in [-0.2, -0.15) is 0 Å². The summed E-state index contributed by atoms with van der Waals surface area (Å²) in [4.78, 5) is 11.9. The highest BCUT2D eigenvalue weighted by molar-refractivity contribution is 9.10. The summed E-state index contributed by atoms with van der Waals surface area (Å²) in [5.41, 5.74) is 1.93. The van der Waals surface area contributed by atoms with Gasteiger partial charge in [0.2, 0.25) is 5.91 Å². The Hall–Kier alpha value is -0.910. The first kappa shape index (κ1) is 13.5. The molecule has 1 aromatic rings. The Labute approximate surface area is 115 Å². The third-order valence-corrected chi connectivity index (χ3v) is 3.52. The first-order valence-corrected chi connectivity index (χ1v) is 6.81. The molecule has 1 heterocycles. The van der Waals surface area contributed by atoms with Crippen LogP contribution in [0.3, 0.4) is 0 Å². The second kappa shape index (κ2) is 6.31. The van der Waals surface area contributed by atoms with Gasteiger partial charge < -0.3 is 15.4 Å². The second-order valence-corrected chi connectivity index (χ2v) is 5.32. The maximum absolute atomic E-state index is 11.9. The highest BCUT2D eigenvalue weighted by Crippen LogP contribution is 2.23. The molecule has 1 aliphatic rings. The summed E-state index contributed by atoms with van der Waals surface area (Å²) in [6.45, 7) is 4.13. The standard InChI is InChI=1S/C13H17BrN2O2/c1-9-2-3-11(14)12(6-9)16-13(17)7-10-8-18-5-4-15-10/h2-3,6,10,15H,4-5,7-8H2,1H3,(H,16,17). The summed E-state index contributed by atoms with van der Waals surface area (Å²) in [6.07, 6.45) is 0.431. The van der Waals surface area contributed by atoms with Crippen molar-refractivity contribution in [1.29, 1.82) is 0 Å². The number of aryl methyl sites for hydroxylation is 1. The van der Waals surface area contributed by atoms with E-state index in [-0.39, 0.29) is 11.9 Å². The molecule has 0 aromatic heterocycles. The predicted octanol–water partition coefficient (Wildman–Crippen LogP) is 2.07. The van der Waals surface area contributed by atoms with Crippen molar-refractivity contribution in [2.24, 2.45) is 0 Å². The van der Waals surface area contributed by atoms with Gasteiger partial charge in [0.25, 0.3) is 0 Å². The van der Waals surface area contributed by atoms with Crippen LogP contribution in [0.4, 0.5) is 5.69 Å². The zero-order valence-corrected chi connectivity index (χ0v) is 11.9. The summed E-state index contributed by atoms with van der Waals surface area (Å²) in [5.74, 6) is 0.00398. The molecule has 1 aromatic carbocycles. The van der Waals surface area contributed by atoms with E-state index in [1.54, 1.807) is 0 Å². The fourth-order valence-corrected chi connectivity index (χ4v) is 2.26. The lowest BCUT2D eigenvalue weighted by Crippen LogP contribution is -2.43. The van der Waals surface area contributed by atoms with Crippen LogP contribution in [0.1, 0.15) is 12.0 Å². The third-order valence-electron chi connectivity index (χ3n) is 2.83. The molecule has 1 aliphatic heterocycles. The lowest BCUT2D eigenvalue weighted by molar-refractivity contribution is -0.117. The summed E-state index contributed by atoms with van der Waals surface area (Å²) < 4.78 is 6.22. The van der Waals surface area contributed by atoms with E-state index in [9.17, 15) is 4.79 Å². The number of carbonyl (C=O) groups excluding carboxylic acids is 1. The molecule has 4 nitrogen and oxygen atoms in total. The van der Waals surface area contributed by atoms with E-state index in [0.29, 0.717) is 13.0 Å². The molecule has 0 spiro atoms. The fraction of sp³-hybridized carbons (Fsp3) is 0.462. The maximum Gasteiger partial charge on any atom is 0.226 e. The van der Waals surface area contributed by atoms with Crippen LogP contribution in [0.25, 0.3) is 0 Å². The normalized spacial score (nSPS) is 19.6. The molecule has 1 amide bonds. The van der Waals surface area contributed by atoms with Crippen molar-refractivity contribution in [2.75, 3.05) is 25.1 Å². The number of rotatable bonds is 3. The van der Waals surface area contributed by atoms with Gasteiger partial charge in [-0.15, -0.1) is 0 Å². The number of nitrogens with one attached hydrogen (secondary N) is 2. The van der Waals surface area contributed by atoms with Crippen LogP contribution in [0.5, 0.6) is 0 Å². The molecule has 98 valence electrons. The van der Waals surface area contributed by atoms with Gasteiger partial charge in [0, 0.05) is 23.5 Å². The molecule has 1 unspecified atom stereocenters. The maximum atomic E-state index is 11.9. The Morgan fingerprint density at radius 3 is 3.17 bits per heavy atom. The number of ether oxygens (including phenoxy) is 1. The first-order valence-electron chi connectivity index (χ1n) is 6.02. The Morgan fingerprint density at radius 1 is 1.61 bits per heavy atom. The zero-order chi connectivity index (χ0) is 13.0.